The van der Waals surface area contributed by atoms with E-state index in [-0.39, 0.29) is 11.7 Å². The third-order valence-corrected chi connectivity index (χ3v) is 5.26. The molecular formula is C16H15ClFNOS. The number of carbonyl (C=O) groups excluding carboxylic acids is 1. The number of nitrogens with one attached hydrogen (secondary N) is 1. The molecule has 0 spiro atoms. The highest BCUT2D eigenvalue weighted by atomic mass is 35.5. The van der Waals surface area contributed by atoms with Gasteiger partial charge in [-0.3, -0.25) is 4.79 Å². The zero-order valence-electron chi connectivity index (χ0n) is 11.4. The second-order valence-corrected chi connectivity index (χ2v) is 6.73. The first kappa shape index (κ1) is 14.5. The van der Waals surface area contributed by atoms with Crippen molar-refractivity contribution in [1.82, 2.24) is 5.32 Å². The number of halogens is 2. The summed E-state index contributed by atoms with van der Waals surface area (Å²) in [5.41, 5.74) is 2.03. The minimum absolute atomic E-state index is 0.0882. The Morgan fingerprint density at radius 2 is 2.10 bits per heavy atom. The van der Waals surface area contributed by atoms with Gasteiger partial charge in [-0.1, -0.05) is 17.7 Å². The van der Waals surface area contributed by atoms with E-state index in [0.717, 1.165) is 17.7 Å². The Morgan fingerprint density at radius 3 is 2.86 bits per heavy atom. The summed E-state index contributed by atoms with van der Waals surface area (Å²) in [4.78, 5) is 14.3. The summed E-state index contributed by atoms with van der Waals surface area (Å²) in [5.74, 6) is -0.462. The fourth-order valence-corrected chi connectivity index (χ4v) is 3.93. The molecule has 1 amide bonds. The van der Waals surface area contributed by atoms with Gasteiger partial charge in [-0.15, -0.1) is 11.3 Å². The van der Waals surface area contributed by atoms with Crippen LogP contribution in [0.25, 0.3) is 0 Å². The van der Waals surface area contributed by atoms with Crippen LogP contribution >= 0.6 is 22.9 Å². The van der Waals surface area contributed by atoms with Crippen molar-refractivity contribution in [3.05, 3.63) is 56.0 Å². The number of hydrogen-bond acceptors (Lipinski definition) is 2. The second-order valence-electron chi connectivity index (χ2n) is 5.18. The van der Waals surface area contributed by atoms with Crippen LogP contribution in [-0.4, -0.2) is 5.91 Å². The van der Waals surface area contributed by atoms with E-state index in [9.17, 15) is 9.18 Å². The van der Waals surface area contributed by atoms with Gasteiger partial charge in [0.1, 0.15) is 5.82 Å². The molecule has 3 rings (SSSR count). The number of rotatable bonds is 3. The van der Waals surface area contributed by atoms with Crippen molar-refractivity contribution < 1.29 is 9.18 Å². The summed E-state index contributed by atoms with van der Waals surface area (Å²) in [6, 6.07) is 6.20. The Bertz CT molecular complexity index is 659. The number of amides is 1. The van der Waals surface area contributed by atoms with Gasteiger partial charge in [-0.25, -0.2) is 4.39 Å². The van der Waals surface area contributed by atoms with Crippen molar-refractivity contribution in [2.24, 2.45) is 0 Å². The summed E-state index contributed by atoms with van der Waals surface area (Å²) >= 11 is 7.53. The quantitative estimate of drug-likeness (QED) is 0.894. The molecule has 0 atom stereocenters. The largest absolute Gasteiger partial charge is 0.347 e. The number of hydrogen-bond donors (Lipinski definition) is 1. The van der Waals surface area contributed by atoms with Gasteiger partial charge in [0.25, 0.3) is 5.91 Å². The predicted molar refractivity (Wildman–Crippen MR) is 83.5 cm³/mol. The summed E-state index contributed by atoms with van der Waals surface area (Å²) < 4.78 is 13.0. The van der Waals surface area contributed by atoms with E-state index < -0.39 is 0 Å². The normalized spacial score (nSPS) is 13.8. The molecule has 0 bridgehead atoms. The molecule has 2 nitrogen and oxygen atoms in total. The highest BCUT2D eigenvalue weighted by Gasteiger charge is 2.17. The van der Waals surface area contributed by atoms with Crippen LogP contribution < -0.4 is 5.32 Å². The van der Waals surface area contributed by atoms with Crippen molar-refractivity contribution in [2.75, 3.05) is 0 Å². The van der Waals surface area contributed by atoms with Gasteiger partial charge in [0.2, 0.25) is 0 Å². The average molecular weight is 324 g/mol. The topological polar surface area (TPSA) is 29.1 Å². The molecule has 1 aromatic carbocycles. The molecular weight excluding hydrogens is 309 g/mol. The van der Waals surface area contributed by atoms with E-state index in [2.05, 4.69) is 5.32 Å². The Morgan fingerprint density at radius 1 is 1.29 bits per heavy atom. The lowest BCUT2D eigenvalue weighted by molar-refractivity contribution is 0.0955. The number of fused-ring (bicyclic) bond motifs is 1. The zero-order valence-corrected chi connectivity index (χ0v) is 13.0. The van der Waals surface area contributed by atoms with Crippen LogP contribution in [0.2, 0.25) is 5.02 Å². The number of thiophene rings is 1. The van der Waals surface area contributed by atoms with Crippen LogP contribution in [0.4, 0.5) is 4.39 Å². The van der Waals surface area contributed by atoms with E-state index in [1.807, 2.05) is 6.07 Å². The maximum atomic E-state index is 13.0. The van der Waals surface area contributed by atoms with Crippen LogP contribution in [0, 0.1) is 5.82 Å². The molecule has 1 aliphatic carbocycles. The maximum absolute atomic E-state index is 13.0. The molecule has 0 aliphatic heterocycles. The number of benzene rings is 1. The van der Waals surface area contributed by atoms with E-state index in [0.29, 0.717) is 17.1 Å². The van der Waals surface area contributed by atoms with Crippen molar-refractivity contribution in [3.63, 3.8) is 0 Å². The Hall–Kier alpha value is -1.39. The van der Waals surface area contributed by atoms with Gasteiger partial charge < -0.3 is 5.32 Å². The van der Waals surface area contributed by atoms with E-state index in [4.69, 9.17) is 11.6 Å². The minimum Gasteiger partial charge on any atom is -0.347 e. The molecule has 1 N–H and O–H groups in total. The van der Waals surface area contributed by atoms with Crippen molar-refractivity contribution in [1.29, 1.82) is 0 Å². The highest BCUT2D eigenvalue weighted by Crippen LogP contribution is 2.29. The molecule has 0 saturated heterocycles. The van der Waals surface area contributed by atoms with Gasteiger partial charge in [-0.05, 0) is 55.0 Å². The summed E-state index contributed by atoms with van der Waals surface area (Å²) in [6.07, 6.45) is 4.57. The van der Waals surface area contributed by atoms with Crippen molar-refractivity contribution >= 4 is 28.8 Å². The van der Waals surface area contributed by atoms with Gasteiger partial charge in [0, 0.05) is 16.4 Å². The lowest BCUT2D eigenvalue weighted by Gasteiger charge is -2.08. The van der Waals surface area contributed by atoms with Gasteiger partial charge in [0.05, 0.1) is 4.88 Å². The second kappa shape index (κ2) is 6.16. The smallest absolute Gasteiger partial charge is 0.261 e. The molecule has 0 saturated carbocycles. The Balaban J connectivity index is 1.67. The van der Waals surface area contributed by atoms with Crippen LogP contribution in [0.15, 0.2) is 24.3 Å². The fraction of sp³-hybridized carbons (Fsp3) is 0.312. The summed E-state index contributed by atoms with van der Waals surface area (Å²) in [5, 5.41) is 3.18. The summed E-state index contributed by atoms with van der Waals surface area (Å²) in [6.45, 7) is 0.306. The van der Waals surface area contributed by atoms with Gasteiger partial charge in [-0.2, -0.15) is 0 Å². The van der Waals surface area contributed by atoms with Crippen LogP contribution in [-0.2, 0) is 19.4 Å². The molecule has 0 unspecified atom stereocenters. The molecule has 5 heteroatoms. The number of aryl methyl sites for hydroxylation is 2. The number of carbonyl (C=O) groups is 1. The SMILES string of the molecule is O=C(NCc1ccc(F)cc1Cl)c1cc2c(s1)CCCC2. The van der Waals surface area contributed by atoms with E-state index >= 15 is 0 Å². The van der Waals surface area contributed by atoms with Crippen LogP contribution in [0.3, 0.4) is 0 Å². The molecule has 2 aromatic rings. The Labute approximate surface area is 131 Å². The molecule has 21 heavy (non-hydrogen) atoms. The average Bonchev–Trinajstić information content (AvgIpc) is 2.90. The van der Waals surface area contributed by atoms with Gasteiger partial charge in [0.15, 0.2) is 0 Å². The van der Waals surface area contributed by atoms with Crippen molar-refractivity contribution in [2.45, 2.75) is 32.2 Å². The van der Waals surface area contributed by atoms with Crippen LogP contribution in [0.1, 0.15) is 38.5 Å². The zero-order chi connectivity index (χ0) is 14.8. The minimum atomic E-state index is -0.374. The monoisotopic (exact) mass is 323 g/mol. The highest BCUT2D eigenvalue weighted by molar-refractivity contribution is 7.14. The lowest BCUT2D eigenvalue weighted by Crippen LogP contribution is -2.22. The van der Waals surface area contributed by atoms with E-state index in [1.165, 1.54) is 35.4 Å². The third kappa shape index (κ3) is 3.27. The lowest BCUT2D eigenvalue weighted by atomic mass is 9.99. The molecule has 0 radical (unpaired) electrons. The fourth-order valence-electron chi connectivity index (χ4n) is 2.53. The third-order valence-electron chi connectivity index (χ3n) is 3.67. The standard InChI is InChI=1S/C16H15ClFNOS/c17-13-8-12(18)6-5-11(13)9-19-16(20)15-7-10-3-1-2-4-14(10)21-15/h5-8H,1-4,9H2,(H,19,20). The molecule has 1 aliphatic rings. The van der Waals surface area contributed by atoms with E-state index in [1.54, 1.807) is 17.4 Å². The molecule has 110 valence electrons. The van der Waals surface area contributed by atoms with Gasteiger partial charge >= 0.3 is 0 Å². The predicted octanol–water partition coefficient (Wildman–Crippen LogP) is 4.35. The molecule has 1 heterocycles. The Kier molecular flexibility index (Phi) is 4.27. The molecule has 1 aromatic heterocycles. The first-order valence-electron chi connectivity index (χ1n) is 6.97. The first-order valence-corrected chi connectivity index (χ1v) is 8.16. The van der Waals surface area contributed by atoms with Crippen LogP contribution in [0.5, 0.6) is 0 Å². The van der Waals surface area contributed by atoms with Crippen molar-refractivity contribution in [3.8, 4) is 0 Å². The maximum Gasteiger partial charge on any atom is 0.261 e. The first-order chi connectivity index (χ1) is 10.1. The molecule has 0 fully saturated rings. The summed E-state index contributed by atoms with van der Waals surface area (Å²) in [7, 11) is 0.